The molecule has 43 heavy (non-hydrogen) atoms. The number of ether oxygens (including phenoxy) is 2. The van der Waals surface area contributed by atoms with Crippen molar-refractivity contribution in [2.24, 2.45) is 0 Å². The number of pyridine rings is 1. The molecule has 1 saturated heterocycles. The van der Waals surface area contributed by atoms with Crippen molar-refractivity contribution < 1.29 is 22.7 Å². The Hall–Kier alpha value is -4.03. The molecule has 1 fully saturated rings. The summed E-state index contributed by atoms with van der Waals surface area (Å²) in [6, 6.07) is 19.6. The zero-order valence-electron chi connectivity index (χ0n) is 24.4. The number of hydrogen-bond donors (Lipinski definition) is 3. The molecule has 3 N–H and O–H groups in total. The second kappa shape index (κ2) is 14.0. The van der Waals surface area contributed by atoms with E-state index in [1.807, 2.05) is 49.5 Å². The molecule has 10 nitrogen and oxygen atoms in total. The number of rotatable bonds is 11. The maximum atomic E-state index is 13.2. The first kappa shape index (κ1) is 30.4. The van der Waals surface area contributed by atoms with E-state index in [2.05, 4.69) is 32.4 Å². The Morgan fingerprint density at radius 1 is 0.977 bits per heavy atom. The van der Waals surface area contributed by atoms with E-state index in [9.17, 15) is 13.2 Å². The number of amides is 2. The molecule has 2 heterocycles. The molecular weight excluding hydrogens is 566 g/mol. The van der Waals surface area contributed by atoms with Crippen molar-refractivity contribution >= 4 is 38.2 Å². The maximum Gasteiger partial charge on any atom is 0.323 e. The van der Waals surface area contributed by atoms with Gasteiger partial charge in [-0.25, -0.2) is 17.9 Å². The van der Waals surface area contributed by atoms with Crippen molar-refractivity contribution in [3.05, 3.63) is 78.6 Å². The topological polar surface area (TPSA) is 122 Å². The molecular formula is C32H37N5O5S. The normalized spacial score (nSPS) is 14.0. The van der Waals surface area contributed by atoms with Gasteiger partial charge in [0.1, 0.15) is 5.75 Å². The molecule has 11 heteroatoms. The van der Waals surface area contributed by atoms with E-state index in [1.54, 1.807) is 0 Å². The Morgan fingerprint density at radius 3 is 2.47 bits per heavy atom. The Morgan fingerprint density at radius 2 is 1.74 bits per heavy atom. The Bertz CT molecular complexity index is 1670. The van der Waals surface area contributed by atoms with E-state index in [0.717, 1.165) is 73.3 Å². The lowest BCUT2D eigenvalue weighted by atomic mass is 9.98. The van der Waals surface area contributed by atoms with E-state index in [1.165, 1.54) is 25.3 Å². The third-order valence-corrected chi connectivity index (χ3v) is 8.81. The number of unbranched alkanes of at least 4 members (excludes halogenated alkanes) is 1. The van der Waals surface area contributed by atoms with Gasteiger partial charge in [-0.3, -0.25) is 9.88 Å². The number of urea groups is 1. The zero-order chi connectivity index (χ0) is 30.2. The average Bonchev–Trinajstić information content (AvgIpc) is 3.02. The van der Waals surface area contributed by atoms with Crippen molar-refractivity contribution in [2.75, 3.05) is 50.6 Å². The van der Waals surface area contributed by atoms with Crippen LogP contribution < -0.4 is 20.1 Å². The predicted octanol–water partition coefficient (Wildman–Crippen LogP) is 5.47. The van der Waals surface area contributed by atoms with Crippen LogP contribution in [0.4, 0.5) is 16.2 Å². The van der Waals surface area contributed by atoms with Gasteiger partial charge in [0.15, 0.2) is 0 Å². The molecule has 0 atom stereocenters. The van der Waals surface area contributed by atoms with Gasteiger partial charge in [0.25, 0.3) is 0 Å². The second-order valence-corrected chi connectivity index (χ2v) is 12.1. The maximum absolute atomic E-state index is 13.2. The molecule has 1 aromatic heterocycles. The third-order valence-electron chi connectivity index (χ3n) is 7.35. The Labute approximate surface area is 252 Å². The Kier molecular flexibility index (Phi) is 9.88. The first-order valence-corrected chi connectivity index (χ1v) is 15.9. The number of fused-ring (bicyclic) bond motifs is 1. The molecule has 0 unspecified atom stereocenters. The monoisotopic (exact) mass is 603 g/mol. The fourth-order valence-electron chi connectivity index (χ4n) is 5.02. The summed E-state index contributed by atoms with van der Waals surface area (Å²) < 4.78 is 38.9. The van der Waals surface area contributed by atoms with Crippen LogP contribution in [-0.4, -0.2) is 64.3 Å². The minimum Gasteiger partial charge on any atom is -0.495 e. The molecule has 3 aromatic carbocycles. The lowest BCUT2D eigenvalue weighted by Gasteiger charge is -2.26. The second-order valence-electron chi connectivity index (χ2n) is 10.3. The summed E-state index contributed by atoms with van der Waals surface area (Å²) in [5.74, 6) is 0.340. The molecule has 0 saturated carbocycles. The lowest BCUT2D eigenvalue weighted by molar-refractivity contribution is 0.0336. The summed E-state index contributed by atoms with van der Waals surface area (Å²) in [7, 11) is -2.27. The highest BCUT2D eigenvalue weighted by molar-refractivity contribution is 7.89. The minimum absolute atomic E-state index is 0.0408. The van der Waals surface area contributed by atoms with E-state index in [-0.39, 0.29) is 10.6 Å². The smallest absolute Gasteiger partial charge is 0.323 e. The van der Waals surface area contributed by atoms with Gasteiger partial charge in [-0.15, -0.1) is 0 Å². The first-order chi connectivity index (χ1) is 20.9. The number of carbonyl (C=O) groups excluding carboxylic acids is 1. The number of anilines is 2. The SMILES string of the molecule is CCCCNS(=O)(=O)c1ccc(OC)c(NC(=O)Nc2ccc(-c3ccc(CN4CCOCC4)nc3)c3ccccc23)c1. The highest BCUT2D eigenvalue weighted by atomic mass is 32.2. The van der Waals surface area contributed by atoms with Crippen LogP contribution in [0.1, 0.15) is 25.5 Å². The number of benzene rings is 3. The summed E-state index contributed by atoms with van der Waals surface area (Å²) in [5.41, 5.74) is 3.84. The van der Waals surface area contributed by atoms with Crippen LogP contribution in [0.5, 0.6) is 5.75 Å². The van der Waals surface area contributed by atoms with Gasteiger partial charge in [-0.1, -0.05) is 49.7 Å². The van der Waals surface area contributed by atoms with Gasteiger partial charge in [0.2, 0.25) is 10.0 Å². The standard InChI is InChI=1S/C32H37N5O5S/c1-3-4-15-34-43(39,40)25-11-14-31(41-2)30(20-25)36-32(38)35-29-13-12-26(27-7-5-6-8-28(27)29)23-9-10-24(33-21-23)22-37-16-18-42-19-17-37/h5-14,20-21,34H,3-4,15-19,22H2,1-2H3,(H2,35,36,38). The molecule has 0 aliphatic carbocycles. The van der Waals surface area contributed by atoms with Gasteiger partial charge < -0.3 is 20.1 Å². The van der Waals surface area contributed by atoms with Crippen molar-refractivity contribution in [3.8, 4) is 16.9 Å². The largest absolute Gasteiger partial charge is 0.495 e. The van der Waals surface area contributed by atoms with Crippen molar-refractivity contribution in [1.82, 2.24) is 14.6 Å². The van der Waals surface area contributed by atoms with E-state index in [4.69, 9.17) is 14.5 Å². The van der Waals surface area contributed by atoms with Gasteiger partial charge in [-0.05, 0) is 47.7 Å². The number of nitrogens with zero attached hydrogens (tertiary/aromatic N) is 2. The van der Waals surface area contributed by atoms with Crippen LogP contribution in [0, 0.1) is 0 Å². The number of methoxy groups -OCH3 is 1. The van der Waals surface area contributed by atoms with Crippen LogP contribution in [0.2, 0.25) is 0 Å². The molecule has 0 bridgehead atoms. The van der Waals surface area contributed by atoms with Gasteiger partial charge in [0.05, 0.1) is 42.3 Å². The minimum atomic E-state index is -3.73. The van der Waals surface area contributed by atoms with Gasteiger partial charge in [0, 0.05) is 43.3 Å². The molecule has 2 amide bonds. The van der Waals surface area contributed by atoms with Gasteiger partial charge >= 0.3 is 6.03 Å². The van der Waals surface area contributed by atoms with Gasteiger partial charge in [-0.2, -0.15) is 0 Å². The van der Waals surface area contributed by atoms with Crippen LogP contribution >= 0.6 is 0 Å². The van der Waals surface area contributed by atoms with Crippen molar-refractivity contribution in [2.45, 2.75) is 31.2 Å². The first-order valence-electron chi connectivity index (χ1n) is 14.4. The number of hydrogen-bond acceptors (Lipinski definition) is 7. The van der Waals surface area contributed by atoms with Crippen LogP contribution in [-0.2, 0) is 21.3 Å². The summed E-state index contributed by atoms with van der Waals surface area (Å²) in [6.45, 7) is 6.43. The fraction of sp³-hybridized carbons (Fsp3) is 0.312. The third kappa shape index (κ3) is 7.49. The zero-order valence-corrected chi connectivity index (χ0v) is 25.2. The van der Waals surface area contributed by atoms with Crippen LogP contribution in [0.25, 0.3) is 21.9 Å². The van der Waals surface area contributed by atoms with Crippen LogP contribution in [0.15, 0.2) is 77.8 Å². The highest BCUT2D eigenvalue weighted by Crippen LogP contribution is 2.34. The summed E-state index contributed by atoms with van der Waals surface area (Å²) >= 11 is 0. The average molecular weight is 604 g/mol. The number of sulfonamides is 1. The van der Waals surface area contributed by atoms with Crippen LogP contribution in [0.3, 0.4) is 0 Å². The highest BCUT2D eigenvalue weighted by Gasteiger charge is 2.18. The molecule has 226 valence electrons. The number of nitrogens with one attached hydrogen (secondary N) is 3. The fourth-order valence-corrected chi connectivity index (χ4v) is 6.12. The number of aromatic nitrogens is 1. The predicted molar refractivity (Wildman–Crippen MR) is 169 cm³/mol. The van der Waals surface area contributed by atoms with E-state index >= 15 is 0 Å². The molecule has 0 spiro atoms. The summed E-state index contributed by atoms with van der Waals surface area (Å²) in [5, 5.41) is 7.49. The molecule has 4 aromatic rings. The number of carbonyl (C=O) groups is 1. The molecule has 1 aliphatic heterocycles. The Balaban J connectivity index is 1.34. The van der Waals surface area contributed by atoms with E-state index in [0.29, 0.717) is 18.0 Å². The summed E-state index contributed by atoms with van der Waals surface area (Å²) in [4.78, 5) is 20.2. The molecule has 1 aliphatic rings. The number of morpholine rings is 1. The quantitative estimate of drug-likeness (QED) is 0.195. The van der Waals surface area contributed by atoms with E-state index < -0.39 is 16.1 Å². The van der Waals surface area contributed by atoms with Crippen molar-refractivity contribution in [1.29, 1.82) is 0 Å². The molecule has 5 rings (SSSR count). The lowest BCUT2D eigenvalue weighted by Crippen LogP contribution is -2.35. The van der Waals surface area contributed by atoms with Crippen molar-refractivity contribution in [3.63, 3.8) is 0 Å². The summed E-state index contributed by atoms with van der Waals surface area (Å²) in [6.07, 6.45) is 3.49. The molecule has 0 radical (unpaired) electrons.